The van der Waals surface area contributed by atoms with Gasteiger partial charge in [0.2, 0.25) is 11.8 Å². The van der Waals surface area contributed by atoms with Gasteiger partial charge in [-0.3, -0.25) is 29.2 Å². The van der Waals surface area contributed by atoms with Crippen molar-refractivity contribution in [1.29, 1.82) is 5.41 Å². The van der Waals surface area contributed by atoms with Crippen LogP contribution in [0.2, 0.25) is 0 Å². The van der Waals surface area contributed by atoms with Gasteiger partial charge in [0.25, 0.3) is 0 Å². The monoisotopic (exact) mass is 904 g/mol. The van der Waals surface area contributed by atoms with E-state index < -0.39 is 6.04 Å². The standard InChI is InChI=1S/C50H81N9O6/c1-50(2,3)41-19-21-42(22-20-41)59(7)36-47(56-45-17-10-9-15-39(45)33-51)53-26-14-27-57(5)28-30-65-32-31-64-29-12-8-11-25-54-49(63)34-55-46-18-13-16-40(37-60)44(46)35-58(6)43(38-61)23-24-48(62)52-4/h9-10,13,15-18,33,37-38,41-43,51,55H,8,11-12,14,19-32,34-36H2,1-7H3,(H,52,62)(H,53,56)(H,54,63). The zero-order valence-corrected chi connectivity index (χ0v) is 40.6. The molecule has 1 saturated carbocycles. The third kappa shape index (κ3) is 21.1. The van der Waals surface area contributed by atoms with E-state index in [-0.39, 0.29) is 24.8 Å². The zero-order chi connectivity index (χ0) is 47.5. The maximum atomic E-state index is 12.6. The minimum atomic E-state index is -0.498. The maximum absolute atomic E-state index is 12.6. The van der Waals surface area contributed by atoms with Gasteiger partial charge >= 0.3 is 0 Å². The molecule has 0 aromatic heterocycles. The van der Waals surface area contributed by atoms with Gasteiger partial charge in [0.1, 0.15) is 18.4 Å². The second-order valence-corrected chi connectivity index (χ2v) is 18.4. The molecule has 1 aliphatic carbocycles. The van der Waals surface area contributed by atoms with E-state index in [4.69, 9.17) is 19.9 Å². The van der Waals surface area contributed by atoms with Gasteiger partial charge in [0, 0.05) is 81.0 Å². The number of ether oxygens (including phenoxy) is 2. The third-order valence-electron chi connectivity index (χ3n) is 12.5. The summed E-state index contributed by atoms with van der Waals surface area (Å²) in [6, 6.07) is 13.2. The summed E-state index contributed by atoms with van der Waals surface area (Å²) in [6.07, 6.45) is 12.1. The van der Waals surface area contributed by atoms with Crippen LogP contribution in [0.4, 0.5) is 11.4 Å². The molecular formula is C50H81N9O6. The Morgan fingerprint density at radius 3 is 2.26 bits per heavy atom. The Hall–Kier alpha value is -4.54. The van der Waals surface area contributed by atoms with Crippen molar-refractivity contribution in [2.45, 2.75) is 104 Å². The number of rotatable bonds is 32. The molecule has 65 heavy (non-hydrogen) atoms. The number of aldehydes is 2. The van der Waals surface area contributed by atoms with Gasteiger partial charge in [0.15, 0.2) is 0 Å². The van der Waals surface area contributed by atoms with Crippen LogP contribution in [0.1, 0.15) is 106 Å². The summed E-state index contributed by atoms with van der Waals surface area (Å²) in [6.45, 7) is 13.6. The molecule has 0 heterocycles. The van der Waals surface area contributed by atoms with Gasteiger partial charge in [0.05, 0.1) is 39.0 Å². The average Bonchev–Trinajstić information content (AvgIpc) is 3.30. The number of amidine groups is 1. The Balaban J connectivity index is 1.26. The molecule has 0 spiro atoms. The van der Waals surface area contributed by atoms with E-state index in [0.717, 1.165) is 87.4 Å². The number of carbonyl (C=O) groups excluding carboxylic acids is 4. The van der Waals surface area contributed by atoms with Crippen molar-refractivity contribution in [2.75, 3.05) is 105 Å². The van der Waals surface area contributed by atoms with Crippen molar-refractivity contribution < 1.29 is 28.7 Å². The van der Waals surface area contributed by atoms with Gasteiger partial charge in [-0.2, -0.15) is 0 Å². The van der Waals surface area contributed by atoms with E-state index in [0.29, 0.717) is 74.2 Å². The first-order valence-electron chi connectivity index (χ1n) is 23.7. The lowest BCUT2D eigenvalue weighted by atomic mass is 9.71. The van der Waals surface area contributed by atoms with Gasteiger partial charge in [-0.05, 0) is 115 Å². The molecule has 2 aromatic carbocycles. The van der Waals surface area contributed by atoms with Crippen molar-refractivity contribution in [3.8, 4) is 0 Å². The van der Waals surface area contributed by atoms with E-state index in [1.54, 1.807) is 31.1 Å². The number of unbranched alkanes of at least 4 members (excludes halogenated alkanes) is 2. The van der Waals surface area contributed by atoms with Gasteiger partial charge in [-0.1, -0.05) is 51.1 Å². The van der Waals surface area contributed by atoms with Crippen LogP contribution in [0.25, 0.3) is 0 Å². The largest absolute Gasteiger partial charge is 0.379 e. The molecule has 1 unspecified atom stereocenters. The Labute approximate surface area is 389 Å². The normalized spacial score (nSPS) is 16.1. The fourth-order valence-electron chi connectivity index (χ4n) is 8.17. The second-order valence-electron chi connectivity index (χ2n) is 18.4. The van der Waals surface area contributed by atoms with Crippen LogP contribution >= 0.6 is 0 Å². The molecular weight excluding hydrogens is 823 g/mol. The number of hydrogen-bond acceptors (Lipinski definition) is 12. The maximum Gasteiger partial charge on any atom is 0.239 e. The molecule has 0 bridgehead atoms. The molecule has 0 saturated heterocycles. The zero-order valence-electron chi connectivity index (χ0n) is 40.6. The van der Waals surface area contributed by atoms with E-state index in [9.17, 15) is 19.2 Å². The van der Waals surface area contributed by atoms with Crippen molar-refractivity contribution >= 4 is 47.8 Å². The molecule has 1 aliphatic rings. The first-order valence-corrected chi connectivity index (χ1v) is 23.7. The first-order chi connectivity index (χ1) is 31.3. The highest BCUT2D eigenvalue weighted by molar-refractivity contribution is 6.01. The summed E-state index contributed by atoms with van der Waals surface area (Å²) in [4.78, 5) is 59.5. The fourth-order valence-corrected chi connectivity index (χ4v) is 8.17. The number of para-hydroxylation sites is 1. The minimum absolute atomic E-state index is 0.0408. The van der Waals surface area contributed by atoms with Crippen LogP contribution in [-0.4, -0.2) is 157 Å². The molecule has 3 rings (SSSR count). The highest BCUT2D eigenvalue weighted by Gasteiger charge is 2.31. The first kappa shape index (κ1) is 54.8. The smallest absolute Gasteiger partial charge is 0.239 e. The molecule has 2 aromatic rings. The average molecular weight is 904 g/mol. The highest BCUT2D eigenvalue weighted by Crippen LogP contribution is 2.38. The number of anilines is 2. The SMILES string of the molecule is CNC(=O)CCC(C=O)N(C)Cc1c(C=O)cccc1NCC(=O)NCCCCCOCCOCCN(C)CCCN=C(CN(C)C1CCC(C(C)(C)C)CC1)Nc1ccccc1C=N. The predicted molar refractivity (Wildman–Crippen MR) is 264 cm³/mol. The summed E-state index contributed by atoms with van der Waals surface area (Å²) in [7, 11) is 7.66. The topological polar surface area (TPSA) is 181 Å². The molecule has 362 valence electrons. The van der Waals surface area contributed by atoms with E-state index in [2.05, 4.69) is 65.9 Å². The number of amides is 2. The molecule has 15 heteroatoms. The van der Waals surface area contributed by atoms with Crippen molar-refractivity contribution in [3.63, 3.8) is 0 Å². The highest BCUT2D eigenvalue weighted by atomic mass is 16.5. The Morgan fingerprint density at radius 2 is 1.57 bits per heavy atom. The van der Waals surface area contributed by atoms with Crippen molar-refractivity contribution in [3.05, 3.63) is 59.2 Å². The number of nitrogens with zero attached hydrogens (tertiary/aromatic N) is 4. The van der Waals surface area contributed by atoms with Crippen LogP contribution in [0.15, 0.2) is 47.5 Å². The Kier molecular flexibility index (Phi) is 25.8. The lowest BCUT2D eigenvalue weighted by Gasteiger charge is -2.40. The lowest BCUT2D eigenvalue weighted by Crippen LogP contribution is -2.41. The van der Waals surface area contributed by atoms with E-state index in [1.165, 1.54) is 31.9 Å². The lowest BCUT2D eigenvalue weighted by molar-refractivity contribution is -0.121. The molecule has 0 aliphatic heterocycles. The van der Waals surface area contributed by atoms with Crippen LogP contribution in [0.5, 0.6) is 0 Å². The number of likely N-dealkylation sites (N-methyl/N-ethyl adjacent to an activating group) is 3. The number of hydrogen-bond donors (Lipinski definition) is 5. The van der Waals surface area contributed by atoms with Crippen LogP contribution < -0.4 is 21.3 Å². The predicted octanol–water partition coefficient (Wildman–Crippen LogP) is 6.12. The summed E-state index contributed by atoms with van der Waals surface area (Å²) in [5.74, 6) is 1.43. The summed E-state index contributed by atoms with van der Waals surface area (Å²) >= 11 is 0. The summed E-state index contributed by atoms with van der Waals surface area (Å²) in [5, 5.41) is 20.1. The van der Waals surface area contributed by atoms with Crippen LogP contribution in [-0.2, 0) is 30.4 Å². The summed E-state index contributed by atoms with van der Waals surface area (Å²) < 4.78 is 11.6. The molecule has 5 N–H and O–H groups in total. The number of nitrogens with one attached hydrogen (secondary N) is 5. The van der Waals surface area contributed by atoms with Crippen molar-refractivity contribution in [2.24, 2.45) is 16.3 Å². The molecule has 15 nitrogen and oxygen atoms in total. The number of aliphatic imine (C=N–C) groups is 1. The third-order valence-corrected chi connectivity index (χ3v) is 12.5. The Bertz CT molecular complexity index is 1760. The van der Waals surface area contributed by atoms with Gasteiger partial charge in [-0.25, -0.2) is 0 Å². The minimum Gasteiger partial charge on any atom is -0.379 e. The van der Waals surface area contributed by atoms with Gasteiger partial charge < -0.3 is 45.8 Å². The van der Waals surface area contributed by atoms with Crippen LogP contribution in [0, 0.1) is 16.7 Å². The number of benzene rings is 2. The van der Waals surface area contributed by atoms with E-state index >= 15 is 0 Å². The number of carbonyl (C=O) groups is 4. The van der Waals surface area contributed by atoms with E-state index in [1.807, 2.05) is 30.3 Å². The Morgan fingerprint density at radius 1 is 0.862 bits per heavy atom. The van der Waals surface area contributed by atoms with Gasteiger partial charge in [-0.15, -0.1) is 0 Å². The second kappa shape index (κ2) is 30.6. The molecule has 0 radical (unpaired) electrons. The van der Waals surface area contributed by atoms with Crippen LogP contribution in [0.3, 0.4) is 0 Å². The molecule has 1 fully saturated rings. The summed E-state index contributed by atoms with van der Waals surface area (Å²) in [5.41, 5.74) is 3.93. The quantitative estimate of drug-likeness (QED) is 0.0247. The fraction of sp³-hybridized carbons (Fsp3) is 0.640. The molecule has 2 amide bonds. The van der Waals surface area contributed by atoms with Crippen molar-refractivity contribution in [1.82, 2.24) is 25.3 Å². The molecule has 1 atom stereocenters.